The van der Waals surface area contributed by atoms with E-state index in [0.29, 0.717) is 5.82 Å². The van der Waals surface area contributed by atoms with Crippen molar-refractivity contribution in [2.75, 3.05) is 0 Å². The van der Waals surface area contributed by atoms with E-state index in [-0.39, 0.29) is 0 Å². The average molecular weight is 639 g/mol. The summed E-state index contributed by atoms with van der Waals surface area (Å²) in [5, 5.41) is 4.78. The quantitative estimate of drug-likeness (QED) is 0.188. The molecule has 50 heavy (non-hydrogen) atoms. The molecule has 0 bridgehead atoms. The molecule has 0 aliphatic carbocycles. The Hall–Kier alpha value is -6.78. The van der Waals surface area contributed by atoms with Gasteiger partial charge in [0, 0.05) is 44.4 Å². The number of benzene rings is 7. The molecule has 0 saturated heterocycles. The highest BCUT2D eigenvalue weighted by molar-refractivity contribution is 6.28. The first kappa shape index (κ1) is 28.3. The molecule has 4 heteroatoms. The first-order valence-electron chi connectivity index (χ1n) is 16.9. The summed E-state index contributed by atoms with van der Waals surface area (Å²) in [5.74, 6) is 1.52. The highest BCUT2D eigenvalue weighted by Crippen LogP contribution is 2.44. The third kappa shape index (κ3) is 4.39. The van der Waals surface area contributed by atoms with E-state index in [1.54, 1.807) is 0 Å². The Morgan fingerprint density at radius 3 is 1.72 bits per heavy atom. The maximum Gasteiger partial charge on any atom is 0.162 e. The summed E-state index contributed by atoms with van der Waals surface area (Å²) in [5.41, 5.74) is 10.9. The first-order chi connectivity index (χ1) is 24.8. The fourth-order valence-corrected chi connectivity index (χ4v) is 7.58. The molecule has 7 aromatic carbocycles. The lowest BCUT2D eigenvalue weighted by molar-refractivity contribution is 1.05. The van der Waals surface area contributed by atoms with E-state index < -0.39 is 0 Å². The van der Waals surface area contributed by atoms with Gasteiger partial charge in [0.25, 0.3) is 0 Å². The monoisotopic (exact) mass is 638 g/mol. The third-order valence-electron chi connectivity index (χ3n) is 9.73. The van der Waals surface area contributed by atoms with Gasteiger partial charge in [0.2, 0.25) is 0 Å². The molecule has 0 fully saturated rings. The van der Waals surface area contributed by atoms with E-state index in [0.717, 1.165) is 44.9 Å². The molecule has 10 aromatic rings. The van der Waals surface area contributed by atoms with Gasteiger partial charge in [-0.15, -0.1) is 0 Å². The molecular formula is C46H30N4. The summed E-state index contributed by atoms with van der Waals surface area (Å²) in [4.78, 5) is 10.5. The molecule has 0 saturated carbocycles. The highest BCUT2D eigenvalue weighted by Gasteiger charge is 2.24. The molecule has 0 aliphatic heterocycles. The van der Waals surface area contributed by atoms with Crippen molar-refractivity contribution in [2.24, 2.45) is 0 Å². The Labute approximate surface area is 289 Å². The van der Waals surface area contributed by atoms with Crippen LogP contribution in [0.1, 0.15) is 0 Å². The molecule has 234 valence electrons. The highest BCUT2D eigenvalue weighted by atomic mass is 15.1. The molecule has 0 spiro atoms. The number of hydrogen-bond acceptors (Lipinski definition) is 2. The lowest BCUT2D eigenvalue weighted by Crippen LogP contribution is -2.03. The van der Waals surface area contributed by atoms with Crippen molar-refractivity contribution < 1.29 is 0 Å². The maximum atomic E-state index is 5.37. The molecule has 3 aromatic heterocycles. The number of para-hydroxylation sites is 2. The number of fused-ring (bicyclic) bond motifs is 7. The third-order valence-corrected chi connectivity index (χ3v) is 9.73. The Bertz CT molecular complexity index is 2780. The second-order valence-corrected chi connectivity index (χ2v) is 12.6. The second-order valence-electron chi connectivity index (χ2n) is 12.6. The van der Waals surface area contributed by atoms with Gasteiger partial charge in [0.15, 0.2) is 5.82 Å². The molecule has 0 N–H and O–H groups in total. The summed E-state index contributed by atoms with van der Waals surface area (Å²) >= 11 is 0. The van der Waals surface area contributed by atoms with E-state index in [2.05, 4.69) is 167 Å². The van der Waals surface area contributed by atoms with Crippen LogP contribution in [0.3, 0.4) is 0 Å². The van der Waals surface area contributed by atoms with E-state index in [9.17, 15) is 0 Å². The molecular weight excluding hydrogens is 609 g/mol. The minimum absolute atomic E-state index is 0.690. The molecule has 10 rings (SSSR count). The number of nitrogens with zero attached hydrogens (tertiary/aromatic N) is 4. The van der Waals surface area contributed by atoms with Crippen LogP contribution in [0, 0.1) is 0 Å². The summed E-state index contributed by atoms with van der Waals surface area (Å²) < 4.78 is 4.76. The fourth-order valence-electron chi connectivity index (χ4n) is 7.58. The number of rotatable bonds is 5. The zero-order chi connectivity index (χ0) is 33.0. The van der Waals surface area contributed by atoms with Crippen LogP contribution in [0.4, 0.5) is 0 Å². The number of hydrogen-bond donors (Lipinski definition) is 0. The van der Waals surface area contributed by atoms with Crippen molar-refractivity contribution in [3.05, 3.63) is 182 Å². The predicted molar refractivity (Wildman–Crippen MR) is 207 cm³/mol. The Balaban J connectivity index is 1.41. The first-order valence-corrected chi connectivity index (χ1v) is 16.9. The molecule has 4 nitrogen and oxygen atoms in total. The van der Waals surface area contributed by atoms with Crippen molar-refractivity contribution in [1.82, 2.24) is 19.1 Å². The molecule has 0 atom stereocenters. The lowest BCUT2D eigenvalue weighted by Gasteiger charge is -2.13. The van der Waals surface area contributed by atoms with Crippen molar-refractivity contribution >= 4 is 43.6 Å². The Morgan fingerprint density at radius 2 is 0.980 bits per heavy atom. The van der Waals surface area contributed by atoms with Crippen LogP contribution in [0.5, 0.6) is 0 Å². The van der Waals surface area contributed by atoms with Crippen LogP contribution in [-0.2, 0) is 0 Å². The molecule has 0 unspecified atom stereocenters. The predicted octanol–water partition coefficient (Wildman–Crippen LogP) is 11.7. The smallest absolute Gasteiger partial charge is 0.162 e. The zero-order valence-electron chi connectivity index (χ0n) is 27.1. The second kappa shape index (κ2) is 11.4. The zero-order valence-corrected chi connectivity index (χ0v) is 27.1. The van der Waals surface area contributed by atoms with E-state index >= 15 is 0 Å². The number of aromatic nitrogens is 4. The van der Waals surface area contributed by atoms with Gasteiger partial charge >= 0.3 is 0 Å². The van der Waals surface area contributed by atoms with Crippen molar-refractivity contribution in [3.63, 3.8) is 0 Å². The molecule has 0 radical (unpaired) electrons. The van der Waals surface area contributed by atoms with E-state index in [4.69, 9.17) is 9.97 Å². The summed E-state index contributed by atoms with van der Waals surface area (Å²) in [6.45, 7) is 0. The Morgan fingerprint density at radius 1 is 0.380 bits per heavy atom. The van der Waals surface area contributed by atoms with Gasteiger partial charge in [-0.1, -0.05) is 146 Å². The van der Waals surface area contributed by atoms with Crippen LogP contribution in [0.25, 0.3) is 88.9 Å². The average Bonchev–Trinajstić information content (AvgIpc) is 3.72. The minimum atomic E-state index is 0.690. The molecule has 3 heterocycles. The van der Waals surface area contributed by atoms with Gasteiger partial charge in [0.1, 0.15) is 5.82 Å². The molecule has 0 aliphatic rings. The summed E-state index contributed by atoms with van der Waals surface area (Å²) in [6.07, 6.45) is 0. The topological polar surface area (TPSA) is 35.6 Å². The largest absolute Gasteiger partial charge is 0.309 e. The van der Waals surface area contributed by atoms with Gasteiger partial charge < -0.3 is 4.57 Å². The minimum Gasteiger partial charge on any atom is -0.309 e. The normalized spacial score (nSPS) is 11.6. The van der Waals surface area contributed by atoms with Crippen LogP contribution < -0.4 is 0 Å². The van der Waals surface area contributed by atoms with Crippen LogP contribution in [0.2, 0.25) is 0 Å². The van der Waals surface area contributed by atoms with Gasteiger partial charge in [-0.05, 0) is 41.5 Å². The Kier molecular flexibility index (Phi) is 6.46. The van der Waals surface area contributed by atoms with Gasteiger partial charge in [-0.2, -0.15) is 0 Å². The van der Waals surface area contributed by atoms with Crippen molar-refractivity contribution in [3.8, 4) is 45.3 Å². The van der Waals surface area contributed by atoms with E-state index in [1.807, 2.05) is 24.3 Å². The fraction of sp³-hybridized carbons (Fsp3) is 0. The standard InChI is InChI=1S/C46H30N4/c1-5-16-31(17-6-1)35-25-15-27-40-43(35)37-28-29-41-44(36-24-13-14-26-39(36)49(41)34-22-11-4-12-23-34)45(37)50(40)42-30-38(32-18-7-2-8-19-32)47-46(48-42)33-20-9-3-10-21-33/h1-30H. The van der Waals surface area contributed by atoms with Crippen LogP contribution >= 0.6 is 0 Å². The summed E-state index contributed by atoms with van der Waals surface area (Å²) in [6, 6.07) is 64.2. The van der Waals surface area contributed by atoms with Crippen LogP contribution in [0.15, 0.2) is 182 Å². The van der Waals surface area contributed by atoms with Crippen LogP contribution in [-0.4, -0.2) is 19.1 Å². The summed E-state index contributed by atoms with van der Waals surface area (Å²) in [7, 11) is 0. The van der Waals surface area contributed by atoms with E-state index in [1.165, 1.54) is 38.2 Å². The van der Waals surface area contributed by atoms with Gasteiger partial charge in [0.05, 0.1) is 27.8 Å². The SMILES string of the molecule is c1ccc(-c2cc(-n3c4cccc(-c5ccccc5)c4c4ccc5c(c6ccccc6n5-c5ccccc5)c43)nc(-c3ccccc3)n2)cc1. The van der Waals surface area contributed by atoms with Gasteiger partial charge in [-0.25, -0.2) is 9.97 Å². The van der Waals surface area contributed by atoms with Crippen molar-refractivity contribution in [2.45, 2.75) is 0 Å². The maximum absolute atomic E-state index is 5.37. The van der Waals surface area contributed by atoms with Gasteiger partial charge in [-0.3, -0.25) is 4.57 Å². The molecule has 0 amide bonds. The lowest BCUT2D eigenvalue weighted by atomic mass is 9.99. The van der Waals surface area contributed by atoms with Crippen molar-refractivity contribution in [1.29, 1.82) is 0 Å².